The lowest BCUT2D eigenvalue weighted by Gasteiger charge is -2.12. The van der Waals surface area contributed by atoms with Crippen LogP contribution in [0, 0.1) is 0 Å². The van der Waals surface area contributed by atoms with Gasteiger partial charge in [0.25, 0.3) is 0 Å². The Balaban J connectivity index is 1.93. The number of carbonyl (C=O) groups excluding carboxylic acids is 1. The van der Waals surface area contributed by atoms with Gasteiger partial charge in [-0.05, 0) is 50.3 Å². The highest BCUT2D eigenvalue weighted by atomic mass is 16.5. The Morgan fingerprint density at radius 3 is 2.57 bits per heavy atom. The standard InChI is InChI=1S/C17H21NO3/c1-18(2)10-4-12-20-15-8-6-14(7-9-15)16(13-19)17-5-3-11-21-17/h3,5-9,11,13,16H,4,10,12H2,1-2H3. The second-order valence-electron chi connectivity index (χ2n) is 5.20. The molecule has 1 unspecified atom stereocenters. The van der Waals surface area contributed by atoms with Crippen molar-refractivity contribution in [3.63, 3.8) is 0 Å². The fourth-order valence-corrected chi connectivity index (χ4v) is 2.12. The maximum Gasteiger partial charge on any atom is 0.135 e. The summed E-state index contributed by atoms with van der Waals surface area (Å²) in [7, 11) is 4.09. The van der Waals surface area contributed by atoms with Gasteiger partial charge in [0.15, 0.2) is 0 Å². The van der Waals surface area contributed by atoms with Crippen molar-refractivity contribution in [2.75, 3.05) is 27.2 Å². The molecule has 4 heteroatoms. The summed E-state index contributed by atoms with van der Waals surface area (Å²) in [5.74, 6) is 1.12. The van der Waals surface area contributed by atoms with Gasteiger partial charge in [0.1, 0.15) is 17.8 Å². The second kappa shape index (κ2) is 7.64. The first-order valence-corrected chi connectivity index (χ1v) is 7.07. The summed E-state index contributed by atoms with van der Waals surface area (Å²) < 4.78 is 11.0. The first-order valence-electron chi connectivity index (χ1n) is 7.07. The summed E-state index contributed by atoms with van der Waals surface area (Å²) in [6.07, 6.45) is 3.46. The van der Waals surface area contributed by atoms with E-state index in [1.807, 2.05) is 44.4 Å². The van der Waals surface area contributed by atoms with E-state index in [0.717, 1.165) is 30.6 Å². The van der Waals surface area contributed by atoms with Crippen LogP contribution in [0.5, 0.6) is 5.75 Å². The third kappa shape index (κ3) is 4.46. The minimum atomic E-state index is -0.359. The molecule has 0 saturated heterocycles. The maximum absolute atomic E-state index is 11.3. The molecule has 0 N–H and O–H groups in total. The number of aldehydes is 1. The summed E-state index contributed by atoms with van der Waals surface area (Å²) >= 11 is 0. The number of hydrogen-bond acceptors (Lipinski definition) is 4. The van der Waals surface area contributed by atoms with E-state index in [0.29, 0.717) is 12.4 Å². The Labute approximate surface area is 125 Å². The van der Waals surface area contributed by atoms with Gasteiger partial charge in [-0.2, -0.15) is 0 Å². The smallest absolute Gasteiger partial charge is 0.135 e. The van der Waals surface area contributed by atoms with E-state index in [2.05, 4.69) is 4.90 Å². The third-order valence-electron chi connectivity index (χ3n) is 3.24. The van der Waals surface area contributed by atoms with E-state index in [9.17, 15) is 4.79 Å². The van der Waals surface area contributed by atoms with Crippen LogP contribution in [0.4, 0.5) is 0 Å². The van der Waals surface area contributed by atoms with Crippen LogP contribution in [0.25, 0.3) is 0 Å². The number of furan rings is 1. The topological polar surface area (TPSA) is 42.7 Å². The van der Waals surface area contributed by atoms with E-state index in [4.69, 9.17) is 9.15 Å². The highest BCUT2D eigenvalue weighted by Crippen LogP contribution is 2.25. The number of benzene rings is 1. The number of hydrogen-bond donors (Lipinski definition) is 0. The highest BCUT2D eigenvalue weighted by Gasteiger charge is 2.15. The first kappa shape index (κ1) is 15.3. The van der Waals surface area contributed by atoms with Crippen LogP contribution in [0.15, 0.2) is 47.1 Å². The molecular formula is C17H21NO3. The lowest BCUT2D eigenvalue weighted by atomic mass is 9.98. The lowest BCUT2D eigenvalue weighted by Crippen LogP contribution is -2.15. The van der Waals surface area contributed by atoms with E-state index in [-0.39, 0.29) is 5.92 Å². The molecule has 1 aromatic heterocycles. The van der Waals surface area contributed by atoms with Gasteiger partial charge in [-0.25, -0.2) is 0 Å². The van der Waals surface area contributed by atoms with Crippen molar-refractivity contribution < 1.29 is 13.9 Å². The fourth-order valence-electron chi connectivity index (χ4n) is 2.12. The van der Waals surface area contributed by atoms with E-state index in [1.165, 1.54) is 0 Å². The number of carbonyl (C=O) groups is 1. The van der Waals surface area contributed by atoms with E-state index < -0.39 is 0 Å². The Hall–Kier alpha value is -2.07. The quantitative estimate of drug-likeness (QED) is 0.553. The summed E-state index contributed by atoms with van der Waals surface area (Å²) in [5.41, 5.74) is 0.903. The van der Waals surface area contributed by atoms with E-state index >= 15 is 0 Å². The molecule has 0 aliphatic carbocycles. The molecule has 112 valence electrons. The molecule has 1 aromatic carbocycles. The minimum Gasteiger partial charge on any atom is -0.494 e. The molecular weight excluding hydrogens is 266 g/mol. The molecule has 0 aliphatic heterocycles. The van der Waals surface area contributed by atoms with Crippen molar-refractivity contribution in [3.05, 3.63) is 54.0 Å². The van der Waals surface area contributed by atoms with Gasteiger partial charge in [-0.15, -0.1) is 0 Å². The molecule has 21 heavy (non-hydrogen) atoms. The molecule has 0 radical (unpaired) electrons. The van der Waals surface area contributed by atoms with Crippen LogP contribution in [-0.2, 0) is 4.79 Å². The molecule has 1 heterocycles. The monoisotopic (exact) mass is 287 g/mol. The van der Waals surface area contributed by atoms with Gasteiger partial charge >= 0.3 is 0 Å². The van der Waals surface area contributed by atoms with Crippen LogP contribution in [0.3, 0.4) is 0 Å². The lowest BCUT2D eigenvalue weighted by molar-refractivity contribution is -0.108. The largest absolute Gasteiger partial charge is 0.494 e. The molecule has 0 spiro atoms. The predicted octanol–water partition coefficient (Wildman–Crippen LogP) is 2.94. The van der Waals surface area contributed by atoms with Gasteiger partial charge in [0.05, 0.1) is 18.8 Å². The fraction of sp³-hybridized carbons (Fsp3) is 0.353. The van der Waals surface area contributed by atoms with Gasteiger partial charge in [-0.1, -0.05) is 12.1 Å². The van der Waals surface area contributed by atoms with Crippen LogP contribution in [-0.4, -0.2) is 38.4 Å². The molecule has 0 fully saturated rings. The molecule has 1 atom stereocenters. The third-order valence-corrected chi connectivity index (χ3v) is 3.24. The van der Waals surface area contributed by atoms with Crippen molar-refractivity contribution in [1.29, 1.82) is 0 Å². The average Bonchev–Trinajstić information content (AvgIpc) is 3.00. The number of nitrogens with zero attached hydrogens (tertiary/aromatic N) is 1. The first-order chi connectivity index (χ1) is 10.2. The molecule has 2 aromatic rings. The molecule has 0 saturated carbocycles. The summed E-state index contributed by atoms with van der Waals surface area (Å²) in [5, 5.41) is 0. The number of ether oxygens (including phenoxy) is 1. The average molecular weight is 287 g/mol. The molecule has 0 amide bonds. The van der Waals surface area contributed by atoms with Gasteiger partial charge < -0.3 is 18.8 Å². The highest BCUT2D eigenvalue weighted by molar-refractivity contribution is 5.66. The zero-order valence-corrected chi connectivity index (χ0v) is 12.5. The van der Waals surface area contributed by atoms with Crippen molar-refractivity contribution >= 4 is 6.29 Å². The second-order valence-corrected chi connectivity index (χ2v) is 5.20. The van der Waals surface area contributed by atoms with Crippen molar-refractivity contribution in [3.8, 4) is 5.75 Å². The predicted molar refractivity (Wildman–Crippen MR) is 81.7 cm³/mol. The Bertz CT molecular complexity index is 532. The molecule has 2 rings (SSSR count). The Kier molecular flexibility index (Phi) is 5.58. The van der Waals surface area contributed by atoms with Crippen LogP contribution < -0.4 is 4.74 Å². The minimum absolute atomic E-state index is 0.359. The number of rotatable bonds is 8. The van der Waals surface area contributed by atoms with Crippen molar-refractivity contribution in [2.24, 2.45) is 0 Å². The van der Waals surface area contributed by atoms with Crippen LogP contribution in [0.2, 0.25) is 0 Å². The maximum atomic E-state index is 11.3. The molecule has 0 aliphatic rings. The van der Waals surface area contributed by atoms with Crippen molar-refractivity contribution in [2.45, 2.75) is 12.3 Å². The Morgan fingerprint density at radius 2 is 2.00 bits per heavy atom. The van der Waals surface area contributed by atoms with Gasteiger partial charge in [0.2, 0.25) is 0 Å². The summed E-state index contributed by atoms with van der Waals surface area (Å²) in [6, 6.07) is 11.2. The SMILES string of the molecule is CN(C)CCCOc1ccc(C(C=O)c2ccco2)cc1. The normalized spacial score (nSPS) is 12.3. The summed E-state index contributed by atoms with van der Waals surface area (Å²) in [4.78, 5) is 13.4. The van der Waals surface area contributed by atoms with Crippen molar-refractivity contribution in [1.82, 2.24) is 4.90 Å². The van der Waals surface area contributed by atoms with E-state index in [1.54, 1.807) is 12.3 Å². The zero-order chi connectivity index (χ0) is 15.1. The molecule has 0 bridgehead atoms. The summed E-state index contributed by atoms with van der Waals surface area (Å²) in [6.45, 7) is 1.69. The molecule has 4 nitrogen and oxygen atoms in total. The van der Waals surface area contributed by atoms with Crippen LogP contribution in [0.1, 0.15) is 23.7 Å². The zero-order valence-electron chi connectivity index (χ0n) is 12.5. The van der Waals surface area contributed by atoms with Gasteiger partial charge in [-0.3, -0.25) is 0 Å². The van der Waals surface area contributed by atoms with Gasteiger partial charge in [0, 0.05) is 6.54 Å². The van der Waals surface area contributed by atoms with Crippen LogP contribution >= 0.6 is 0 Å². The Morgan fingerprint density at radius 1 is 1.24 bits per heavy atom.